The molecule has 2 amide bonds. The van der Waals surface area contributed by atoms with Crippen LogP contribution in [0.3, 0.4) is 0 Å². The molecule has 0 radical (unpaired) electrons. The van der Waals surface area contributed by atoms with E-state index in [-0.39, 0.29) is 18.1 Å². The lowest BCUT2D eigenvalue weighted by molar-refractivity contribution is -0.118. The standard InChI is InChI=1S/C30H30BrN3O4/c1-6-37-27-15-22(13-23(16-32)30(36)34-26-10-8-19(3)12-21(26)5)14-24(31)29(27)38-17-28(35)33-25-9-7-18(2)11-20(25)4/h7-15H,6,17H2,1-5H3,(H,33,35)(H,34,36)/b23-13+. The number of nitrogens with one attached hydrogen (secondary N) is 2. The van der Waals surface area contributed by atoms with Gasteiger partial charge in [0, 0.05) is 11.4 Å². The molecule has 0 fully saturated rings. The van der Waals surface area contributed by atoms with Gasteiger partial charge >= 0.3 is 0 Å². The number of benzene rings is 3. The fraction of sp³-hybridized carbons (Fsp3) is 0.233. The van der Waals surface area contributed by atoms with E-state index in [2.05, 4.69) is 26.6 Å². The number of hydrogen-bond donors (Lipinski definition) is 2. The van der Waals surface area contributed by atoms with Crippen LogP contribution >= 0.6 is 15.9 Å². The van der Waals surface area contributed by atoms with E-state index in [0.29, 0.717) is 33.8 Å². The van der Waals surface area contributed by atoms with Crippen LogP contribution in [-0.4, -0.2) is 25.0 Å². The average Bonchev–Trinajstić information content (AvgIpc) is 2.85. The molecule has 0 aromatic heterocycles. The van der Waals surface area contributed by atoms with Crippen LogP contribution in [0, 0.1) is 39.0 Å². The predicted molar refractivity (Wildman–Crippen MR) is 153 cm³/mol. The number of amides is 2. The molecule has 8 heteroatoms. The van der Waals surface area contributed by atoms with Gasteiger partial charge in [0.1, 0.15) is 11.6 Å². The van der Waals surface area contributed by atoms with Gasteiger partial charge in [-0.1, -0.05) is 35.4 Å². The van der Waals surface area contributed by atoms with Crippen molar-refractivity contribution < 1.29 is 19.1 Å². The first-order chi connectivity index (χ1) is 18.1. The number of anilines is 2. The van der Waals surface area contributed by atoms with Crippen molar-refractivity contribution in [2.75, 3.05) is 23.8 Å². The molecule has 0 saturated carbocycles. The Morgan fingerprint density at radius 3 is 2.08 bits per heavy atom. The summed E-state index contributed by atoms with van der Waals surface area (Å²) in [6.45, 7) is 9.72. The van der Waals surface area contributed by atoms with Crippen LogP contribution in [0.15, 0.2) is 58.6 Å². The number of rotatable bonds is 9. The molecule has 38 heavy (non-hydrogen) atoms. The number of nitrogens with zero attached hydrogens (tertiary/aromatic N) is 1. The zero-order valence-corrected chi connectivity index (χ0v) is 23.7. The third-order valence-corrected chi connectivity index (χ3v) is 6.23. The molecule has 0 unspecified atom stereocenters. The minimum Gasteiger partial charge on any atom is -0.490 e. The van der Waals surface area contributed by atoms with E-state index in [1.807, 2.05) is 77.1 Å². The molecule has 3 aromatic carbocycles. The van der Waals surface area contributed by atoms with Gasteiger partial charge in [-0.25, -0.2) is 0 Å². The maximum Gasteiger partial charge on any atom is 0.266 e. The lowest BCUT2D eigenvalue weighted by Gasteiger charge is -2.15. The summed E-state index contributed by atoms with van der Waals surface area (Å²) in [6.07, 6.45) is 1.47. The maximum atomic E-state index is 12.8. The molecule has 3 rings (SSSR count). The van der Waals surface area contributed by atoms with Crippen molar-refractivity contribution in [3.05, 3.63) is 86.4 Å². The molecule has 0 aliphatic carbocycles. The molecule has 0 atom stereocenters. The lowest BCUT2D eigenvalue weighted by Crippen LogP contribution is -2.21. The number of halogens is 1. The summed E-state index contributed by atoms with van der Waals surface area (Å²) < 4.78 is 12.1. The topological polar surface area (TPSA) is 100 Å². The summed E-state index contributed by atoms with van der Waals surface area (Å²) in [4.78, 5) is 25.3. The Balaban J connectivity index is 1.78. The Morgan fingerprint density at radius 1 is 0.921 bits per heavy atom. The highest BCUT2D eigenvalue weighted by atomic mass is 79.9. The van der Waals surface area contributed by atoms with Crippen molar-refractivity contribution >= 4 is 45.2 Å². The van der Waals surface area contributed by atoms with Crippen molar-refractivity contribution in [1.82, 2.24) is 0 Å². The molecule has 0 aliphatic heterocycles. The van der Waals surface area contributed by atoms with Crippen LogP contribution in [0.5, 0.6) is 11.5 Å². The van der Waals surface area contributed by atoms with Crippen molar-refractivity contribution in [2.24, 2.45) is 0 Å². The second-order valence-corrected chi connectivity index (χ2v) is 9.71. The molecule has 0 bridgehead atoms. The van der Waals surface area contributed by atoms with Crippen LogP contribution in [-0.2, 0) is 9.59 Å². The van der Waals surface area contributed by atoms with E-state index in [1.165, 1.54) is 6.08 Å². The van der Waals surface area contributed by atoms with Gasteiger partial charge in [-0.15, -0.1) is 0 Å². The Hall–Kier alpha value is -4.09. The van der Waals surface area contributed by atoms with E-state index in [9.17, 15) is 14.9 Å². The Kier molecular flexibility index (Phi) is 9.69. The normalized spacial score (nSPS) is 10.9. The fourth-order valence-corrected chi connectivity index (χ4v) is 4.39. The zero-order valence-electron chi connectivity index (χ0n) is 22.1. The first-order valence-corrected chi connectivity index (χ1v) is 12.9. The van der Waals surface area contributed by atoms with Gasteiger partial charge in [-0.2, -0.15) is 5.26 Å². The smallest absolute Gasteiger partial charge is 0.266 e. The number of nitriles is 1. The Bertz CT molecular complexity index is 1440. The molecule has 0 saturated heterocycles. The van der Waals surface area contributed by atoms with Gasteiger partial charge < -0.3 is 20.1 Å². The molecule has 7 nitrogen and oxygen atoms in total. The van der Waals surface area contributed by atoms with Crippen molar-refractivity contribution in [2.45, 2.75) is 34.6 Å². The Morgan fingerprint density at radius 2 is 1.53 bits per heavy atom. The summed E-state index contributed by atoms with van der Waals surface area (Å²) in [6, 6.07) is 16.8. The summed E-state index contributed by atoms with van der Waals surface area (Å²) in [5, 5.41) is 15.3. The molecule has 3 aromatic rings. The highest BCUT2D eigenvalue weighted by molar-refractivity contribution is 9.10. The van der Waals surface area contributed by atoms with Crippen LogP contribution in [0.25, 0.3) is 6.08 Å². The summed E-state index contributed by atoms with van der Waals surface area (Å²) >= 11 is 3.47. The number of carbonyl (C=O) groups excluding carboxylic acids is 2. The van der Waals surface area contributed by atoms with E-state index in [1.54, 1.807) is 12.1 Å². The molecular formula is C30H30BrN3O4. The third-order valence-electron chi connectivity index (χ3n) is 5.64. The highest BCUT2D eigenvalue weighted by Gasteiger charge is 2.16. The average molecular weight is 576 g/mol. The van der Waals surface area contributed by atoms with E-state index in [0.717, 1.165) is 27.9 Å². The van der Waals surface area contributed by atoms with Crippen LogP contribution < -0.4 is 20.1 Å². The van der Waals surface area contributed by atoms with Crippen LogP contribution in [0.4, 0.5) is 11.4 Å². The molecular weight excluding hydrogens is 546 g/mol. The number of aryl methyl sites for hydroxylation is 4. The second kappa shape index (κ2) is 12.9. The first kappa shape index (κ1) is 28.5. The van der Waals surface area contributed by atoms with Crippen LogP contribution in [0.2, 0.25) is 0 Å². The van der Waals surface area contributed by atoms with Gasteiger partial charge in [-0.3, -0.25) is 9.59 Å². The van der Waals surface area contributed by atoms with Crippen molar-refractivity contribution in [3.63, 3.8) is 0 Å². The number of ether oxygens (including phenoxy) is 2. The zero-order chi connectivity index (χ0) is 27.8. The predicted octanol–water partition coefficient (Wildman–Crippen LogP) is 6.64. The molecule has 196 valence electrons. The fourth-order valence-electron chi connectivity index (χ4n) is 3.81. The summed E-state index contributed by atoms with van der Waals surface area (Å²) in [5.74, 6) is -0.112. The molecule has 2 N–H and O–H groups in total. The van der Waals surface area contributed by atoms with Gasteiger partial charge in [0.25, 0.3) is 11.8 Å². The van der Waals surface area contributed by atoms with Crippen LogP contribution in [0.1, 0.15) is 34.7 Å². The summed E-state index contributed by atoms with van der Waals surface area (Å²) in [5.41, 5.74) is 5.90. The maximum absolute atomic E-state index is 12.8. The second-order valence-electron chi connectivity index (χ2n) is 8.86. The van der Waals surface area contributed by atoms with Gasteiger partial charge in [0.05, 0.1) is 11.1 Å². The first-order valence-electron chi connectivity index (χ1n) is 12.1. The van der Waals surface area contributed by atoms with E-state index < -0.39 is 5.91 Å². The lowest BCUT2D eigenvalue weighted by atomic mass is 10.1. The quantitative estimate of drug-likeness (QED) is 0.220. The highest BCUT2D eigenvalue weighted by Crippen LogP contribution is 2.37. The van der Waals surface area contributed by atoms with E-state index in [4.69, 9.17) is 9.47 Å². The van der Waals surface area contributed by atoms with Gasteiger partial charge in [-0.05, 0) is 97.6 Å². The van der Waals surface area contributed by atoms with Crippen molar-refractivity contribution in [1.29, 1.82) is 5.26 Å². The Labute approximate surface area is 231 Å². The largest absolute Gasteiger partial charge is 0.490 e. The monoisotopic (exact) mass is 575 g/mol. The molecule has 0 spiro atoms. The minimum atomic E-state index is -0.517. The summed E-state index contributed by atoms with van der Waals surface area (Å²) in [7, 11) is 0. The van der Waals surface area contributed by atoms with Gasteiger partial charge in [0.15, 0.2) is 18.1 Å². The number of carbonyl (C=O) groups is 2. The third kappa shape index (κ3) is 7.46. The molecule has 0 aliphatic rings. The number of hydrogen-bond acceptors (Lipinski definition) is 5. The van der Waals surface area contributed by atoms with Gasteiger partial charge in [0.2, 0.25) is 0 Å². The van der Waals surface area contributed by atoms with Crippen molar-refractivity contribution in [3.8, 4) is 17.6 Å². The SMILES string of the molecule is CCOc1cc(/C=C(\C#N)C(=O)Nc2ccc(C)cc2C)cc(Br)c1OCC(=O)Nc1ccc(C)cc1C. The minimum absolute atomic E-state index is 0.0687. The molecule has 0 heterocycles. The van der Waals surface area contributed by atoms with E-state index >= 15 is 0 Å².